The maximum atomic E-state index is 10.9. The summed E-state index contributed by atoms with van der Waals surface area (Å²) in [5, 5.41) is 17.9. The summed E-state index contributed by atoms with van der Waals surface area (Å²) in [6, 6.07) is 4.59. The number of aryl methyl sites for hydroxylation is 1. The summed E-state index contributed by atoms with van der Waals surface area (Å²) in [6.45, 7) is 5.02. The zero-order valence-corrected chi connectivity index (χ0v) is 8.30. The minimum absolute atomic E-state index is 0.271. The molecule has 0 fully saturated rings. The Balaban J connectivity index is 3.00. The molecule has 0 aromatic heterocycles. The fraction of sp³-hybridized carbons (Fsp3) is 0.100. The lowest BCUT2D eigenvalue weighted by Crippen LogP contribution is -2.29. The number of hydrogen-bond acceptors (Lipinski definition) is 4. The number of carbonyl (C=O) groups is 1. The molecular weight excluding hydrogens is 195 g/mol. The lowest BCUT2D eigenvalue weighted by Gasteiger charge is -2.07. The third-order valence-electron chi connectivity index (χ3n) is 1.89. The van der Waals surface area contributed by atoms with E-state index in [1.165, 1.54) is 6.07 Å². The monoisotopic (exact) mass is 206 g/mol. The highest BCUT2D eigenvalue weighted by atomic mass is 16.5. The van der Waals surface area contributed by atoms with Crippen LogP contribution in [0.15, 0.2) is 30.9 Å². The average Bonchev–Trinajstić information content (AvgIpc) is 2.20. The highest BCUT2D eigenvalue weighted by molar-refractivity contribution is 6.58. The van der Waals surface area contributed by atoms with Gasteiger partial charge >= 0.3 is 13.1 Å². The maximum Gasteiger partial charge on any atom is 0.488 e. The molecule has 0 heterocycles. The standard InChI is InChI=1S/C10H11BO4/c1-3-10(12)15-9-6-8(11(13)14)5-4-7(9)2/h3-6,13-14H,1H2,2H3. The lowest BCUT2D eigenvalue weighted by atomic mass is 9.80. The van der Waals surface area contributed by atoms with Gasteiger partial charge in [-0.15, -0.1) is 0 Å². The molecule has 0 aliphatic rings. The van der Waals surface area contributed by atoms with Gasteiger partial charge in [-0.3, -0.25) is 0 Å². The molecule has 15 heavy (non-hydrogen) atoms. The highest BCUT2D eigenvalue weighted by Crippen LogP contribution is 2.15. The van der Waals surface area contributed by atoms with E-state index in [9.17, 15) is 4.79 Å². The number of hydrogen-bond donors (Lipinski definition) is 2. The summed E-state index contributed by atoms with van der Waals surface area (Å²) in [5.41, 5.74) is 1.00. The first kappa shape index (κ1) is 11.5. The molecule has 0 atom stereocenters. The lowest BCUT2D eigenvalue weighted by molar-refractivity contribution is -0.129. The van der Waals surface area contributed by atoms with Gasteiger partial charge in [-0.1, -0.05) is 18.7 Å². The van der Waals surface area contributed by atoms with E-state index in [-0.39, 0.29) is 5.46 Å². The van der Waals surface area contributed by atoms with Gasteiger partial charge in [-0.25, -0.2) is 4.79 Å². The molecule has 0 saturated heterocycles. The van der Waals surface area contributed by atoms with E-state index in [4.69, 9.17) is 14.8 Å². The molecule has 0 bridgehead atoms. The second kappa shape index (κ2) is 4.77. The van der Waals surface area contributed by atoms with Crippen LogP contribution in [0.5, 0.6) is 5.75 Å². The van der Waals surface area contributed by atoms with Gasteiger partial charge < -0.3 is 14.8 Å². The Kier molecular flexibility index (Phi) is 3.65. The quantitative estimate of drug-likeness (QED) is 0.310. The van der Waals surface area contributed by atoms with Gasteiger partial charge in [0.1, 0.15) is 5.75 Å². The van der Waals surface area contributed by atoms with Crippen molar-refractivity contribution in [1.82, 2.24) is 0 Å². The van der Waals surface area contributed by atoms with Gasteiger partial charge in [0.25, 0.3) is 0 Å². The second-order valence-electron chi connectivity index (χ2n) is 3.02. The van der Waals surface area contributed by atoms with Crippen LogP contribution in [0.2, 0.25) is 0 Å². The van der Waals surface area contributed by atoms with E-state index >= 15 is 0 Å². The predicted octanol–water partition coefficient (Wildman–Crippen LogP) is -0.234. The minimum atomic E-state index is -1.58. The minimum Gasteiger partial charge on any atom is -0.423 e. The van der Waals surface area contributed by atoms with E-state index in [1.807, 2.05) is 0 Å². The van der Waals surface area contributed by atoms with Crippen LogP contribution in [-0.2, 0) is 4.79 Å². The van der Waals surface area contributed by atoms with E-state index < -0.39 is 13.1 Å². The van der Waals surface area contributed by atoms with Crippen molar-refractivity contribution in [3.05, 3.63) is 36.4 Å². The van der Waals surface area contributed by atoms with Crippen LogP contribution in [0.4, 0.5) is 0 Å². The largest absolute Gasteiger partial charge is 0.488 e. The van der Waals surface area contributed by atoms with Gasteiger partial charge in [0.05, 0.1) is 0 Å². The molecule has 1 aromatic rings. The van der Waals surface area contributed by atoms with Crippen molar-refractivity contribution in [3.63, 3.8) is 0 Å². The maximum absolute atomic E-state index is 10.9. The van der Waals surface area contributed by atoms with Crippen LogP contribution in [0.1, 0.15) is 5.56 Å². The van der Waals surface area contributed by atoms with E-state index in [0.29, 0.717) is 5.75 Å². The van der Waals surface area contributed by atoms with Crippen molar-refractivity contribution >= 4 is 18.6 Å². The molecule has 1 rings (SSSR count). The molecule has 4 nitrogen and oxygen atoms in total. The van der Waals surface area contributed by atoms with Crippen LogP contribution in [0, 0.1) is 6.92 Å². The molecule has 0 radical (unpaired) electrons. The van der Waals surface area contributed by atoms with Crippen LogP contribution >= 0.6 is 0 Å². The zero-order chi connectivity index (χ0) is 11.4. The van der Waals surface area contributed by atoms with Crippen LogP contribution in [0.25, 0.3) is 0 Å². The van der Waals surface area contributed by atoms with Crippen molar-refractivity contribution in [2.24, 2.45) is 0 Å². The van der Waals surface area contributed by atoms with Crippen molar-refractivity contribution in [2.45, 2.75) is 6.92 Å². The molecule has 78 valence electrons. The predicted molar refractivity (Wildman–Crippen MR) is 56.8 cm³/mol. The van der Waals surface area contributed by atoms with Crippen molar-refractivity contribution < 1.29 is 19.6 Å². The number of ether oxygens (including phenoxy) is 1. The fourth-order valence-electron chi connectivity index (χ4n) is 1.04. The summed E-state index contributed by atoms with van der Waals surface area (Å²) >= 11 is 0. The molecule has 0 amide bonds. The first-order valence-electron chi connectivity index (χ1n) is 4.35. The van der Waals surface area contributed by atoms with Gasteiger partial charge in [0.15, 0.2) is 0 Å². The zero-order valence-electron chi connectivity index (χ0n) is 8.30. The third-order valence-corrected chi connectivity index (χ3v) is 1.89. The first-order chi connectivity index (χ1) is 7.04. The molecule has 1 aromatic carbocycles. The van der Waals surface area contributed by atoms with Crippen LogP contribution in [0.3, 0.4) is 0 Å². The number of rotatable bonds is 3. The number of carbonyl (C=O) groups excluding carboxylic acids is 1. The molecule has 5 heteroatoms. The van der Waals surface area contributed by atoms with Gasteiger partial charge in [0, 0.05) is 6.08 Å². The summed E-state index contributed by atoms with van der Waals surface area (Å²) in [7, 11) is -1.58. The van der Waals surface area contributed by atoms with Crippen molar-refractivity contribution in [3.8, 4) is 5.75 Å². The topological polar surface area (TPSA) is 66.8 Å². The Morgan fingerprint density at radius 2 is 2.20 bits per heavy atom. The highest BCUT2D eigenvalue weighted by Gasteiger charge is 2.13. The molecule has 0 saturated carbocycles. The molecule has 0 aliphatic heterocycles. The molecule has 0 unspecified atom stereocenters. The normalized spacial score (nSPS) is 9.53. The summed E-state index contributed by atoms with van der Waals surface area (Å²) in [6.07, 6.45) is 1.04. The Hall–Kier alpha value is -1.59. The summed E-state index contributed by atoms with van der Waals surface area (Å²) < 4.78 is 4.91. The Labute approximate surface area is 88.0 Å². The van der Waals surface area contributed by atoms with E-state index in [0.717, 1.165) is 11.6 Å². The van der Waals surface area contributed by atoms with Gasteiger partial charge in [-0.2, -0.15) is 0 Å². The number of esters is 1. The van der Waals surface area contributed by atoms with Gasteiger partial charge in [-0.05, 0) is 24.0 Å². The van der Waals surface area contributed by atoms with Crippen LogP contribution < -0.4 is 10.2 Å². The first-order valence-corrected chi connectivity index (χ1v) is 4.35. The Bertz CT molecular complexity index is 387. The van der Waals surface area contributed by atoms with E-state index in [2.05, 4.69) is 6.58 Å². The molecule has 2 N–H and O–H groups in total. The average molecular weight is 206 g/mol. The Morgan fingerprint density at radius 3 is 2.73 bits per heavy atom. The second-order valence-corrected chi connectivity index (χ2v) is 3.02. The fourth-order valence-corrected chi connectivity index (χ4v) is 1.04. The molecule has 0 spiro atoms. The van der Waals surface area contributed by atoms with E-state index in [1.54, 1.807) is 19.1 Å². The number of benzene rings is 1. The van der Waals surface area contributed by atoms with Crippen LogP contribution in [-0.4, -0.2) is 23.1 Å². The van der Waals surface area contributed by atoms with Crippen molar-refractivity contribution in [1.29, 1.82) is 0 Å². The van der Waals surface area contributed by atoms with Gasteiger partial charge in [0.2, 0.25) is 0 Å². The SMILES string of the molecule is C=CC(=O)Oc1cc(B(O)O)ccc1C. The molecular formula is C10H11BO4. The third kappa shape index (κ3) is 2.94. The molecule has 0 aliphatic carbocycles. The van der Waals surface area contributed by atoms with Crippen molar-refractivity contribution in [2.75, 3.05) is 0 Å². The smallest absolute Gasteiger partial charge is 0.423 e. The summed E-state index contributed by atoms with van der Waals surface area (Å²) in [4.78, 5) is 10.9. The Morgan fingerprint density at radius 1 is 1.53 bits per heavy atom. The summed E-state index contributed by atoms with van der Waals surface area (Å²) in [5.74, 6) is -0.284.